The number of carbonyl (C=O) groups excluding carboxylic acids is 1. The summed E-state index contributed by atoms with van der Waals surface area (Å²) in [4.78, 5) is 25.2. The van der Waals surface area contributed by atoms with Gasteiger partial charge in [-0.15, -0.1) is 0 Å². The van der Waals surface area contributed by atoms with Crippen molar-refractivity contribution in [2.45, 2.75) is 19.1 Å². The van der Waals surface area contributed by atoms with E-state index in [0.717, 1.165) is 21.6 Å². The molecule has 0 aliphatic carbocycles. The number of nitrogens with one attached hydrogen (secondary N) is 1. The zero-order valence-corrected chi connectivity index (χ0v) is 18.2. The van der Waals surface area contributed by atoms with E-state index in [0.29, 0.717) is 17.9 Å². The summed E-state index contributed by atoms with van der Waals surface area (Å²) in [5.74, 6) is 1.37. The van der Waals surface area contributed by atoms with Crippen LogP contribution in [-0.2, 0) is 17.6 Å². The van der Waals surface area contributed by atoms with Crippen LogP contribution in [-0.4, -0.2) is 21.0 Å². The van der Waals surface area contributed by atoms with Crippen LogP contribution in [0.1, 0.15) is 17.7 Å². The molecule has 0 unspecified atom stereocenters. The van der Waals surface area contributed by atoms with E-state index in [1.165, 1.54) is 5.56 Å². The predicted octanol–water partition coefficient (Wildman–Crippen LogP) is 4.51. The Labute approximate surface area is 176 Å². The summed E-state index contributed by atoms with van der Waals surface area (Å²) < 4.78 is 4.40. The first-order valence-corrected chi connectivity index (χ1v) is 10.9. The molecule has 1 aromatic heterocycles. The largest absolute Gasteiger partial charge is 0.320 e. The van der Waals surface area contributed by atoms with E-state index >= 15 is 0 Å². The zero-order chi connectivity index (χ0) is 20.1. The van der Waals surface area contributed by atoms with Gasteiger partial charge < -0.3 is 5.32 Å². The molecule has 3 aromatic rings. The van der Waals surface area contributed by atoms with Crippen molar-refractivity contribution < 1.29 is 4.79 Å². The van der Waals surface area contributed by atoms with Gasteiger partial charge in [-0.3, -0.25) is 14.3 Å². The summed E-state index contributed by atoms with van der Waals surface area (Å²) >= 11 is 5.23. The Bertz CT molecular complexity index is 1030. The van der Waals surface area contributed by atoms with Crippen molar-refractivity contribution in [2.75, 3.05) is 11.1 Å². The number of thioether (sulfide) groups is 1. The first-order chi connectivity index (χ1) is 13.5. The van der Waals surface area contributed by atoms with Crippen molar-refractivity contribution in [1.82, 2.24) is 9.36 Å². The lowest BCUT2D eigenvalue weighted by Gasteiger charge is -2.07. The smallest absolute Gasteiger partial charge is 0.295 e. The molecule has 2 aromatic carbocycles. The molecular formula is C21H22BrN3O2S. The molecule has 0 aliphatic rings. The number of rotatable bonds is 7. The highest BCUT2D eigenvalue weighted by Crippen LogP contribution is 2.22. The van der Waals surface area contributed by atoms with E-state index in [1.807, 2.05) is 62.5 Å². The fourth-order valence-electron chi connectivity index (χ4n) is 2.88. The predicted molar refractivity (Wildman–Crippen MR) is 119 cm³/mol. The molecule has 146 valence electrons. The Kier molecular flexibility index (Phi) is 6.80. The van der Waals surface area contributed by atoms with Crippen LogP contribution >= 0.6 is 27.7 Å². The van der Waals surface area contributed by atoms with E-state index in [4.69, 9.17) is 0 Å². The van der Waals surface area contributed by atoms with E-state index < -0.39 is 0 Å². The van der Waals surface area contributed by atoms with Gasteiger partial charge in [0.25, 0.3) is 5.56 Å². The number of amides is 1. The molecule has 5 nitrogen and oxygen atoms in total. The molecule has 0 radical (unpaired) electrons. The second-order valence-corrected chi connectivity index (χ2v) is 8.34. The molecule has 1 amide bonds. The number of carbonyl (C=O) groups is 1. The lowest BCUT2D eigenvalue weighted by Crippen LogP contribution is -2.23. The van der Waals surface area contributed by atoms with Gasteiger partial charge in [0, 0.05) is 29.4 Å². The average Bonchev–Trinajstić information content (AvgIpc) is 2.90. The Hall–Kier alpha value is -2.25. The van der Waals surface area contributed by atoms with Crippen molar-refractivity contribution in [3.8, 4) is 5.69 Å². The lowest BCUT2D eigenvalue weighted by atomic mass is 10.2. The Morgan fingerprint density at radius 2 is 1.79 bits per heavy atom. The summed E-state index contributed by atoms with van der Waals surface area (Å²) in [6.07, 6.45) is 0.355. The fourth-order valence-corrected chi connectivity index (χ4v) is 4.43. The summed E-state index contributed by atoms with van der Waals surface area (Å²) in [7, 11) is 1.81. The van der Waals surface area contributed by atoms with Gasteiger partial charge in [0.15, 0.2) is 0 Å². The van der Waals surface area contributed by atoms with Gasteiger partial charge in [0.2, 0.25) is 5.91 Å². The molecule has 0 fully saturated rings. The molecule has 1 N–H and O–H groups in total. The topological polar surface area (TPSA) is 56.0 Å². The van der Waals surface area contributed by atoms with Gasteiger partial charge in [-0.25, -0.2) is 4.68 Å². The quantitative estimate of drug-likeness (QED) is 0.528. The average molecular weight is 460 g/mol. The molecule has 1 heterocycles. The van der Waals surface area contributed by atoms with Gasteiger partial charge in [0.05, 0.1) is 11.4 Å². The second kappa shape index (κ2) is 9.30. The highest BCUT2D eigenvalue weighted by molar-refractivity contribution is 9.10. The van der Waals surface area contributed by atoms with Crippen LogP contribution < -0.4 is 10.9 Å². The monoisotopic (exact) mass is 459 g/mol. The summed E-state index contributed by atoms with van der Waals surface area (Å²) in [6, 6.07) is 17.5. The van der Waals surface area contributed by atoms with Crippen LogP contribution in [0.25, 0.3) is 5.69 Å². The van der Waals surface area contributed by atoms with Crippen LogP contribution in [0, 0.1) is 6.92 Å². The minimum absolute atomic E-state index is 0.148. The van der Waals surface area contributed by atoms with Crippen molar-refractivity contribution in [3.05, 3.63) is 80.7 Å². The summed E-state index contributed by atoms with van der Waals surface area (Å²) in [5, 5.41) is 2.80. The Balaban J connectivity index is 1.62. The van der Waals surface area contributed by atoms with Crippen molar-refractivity contribution in [1.29, 1.82) is 0 Å². The van der Waals surface area contributed by atoms with Gasteiger partial charge in [-0.2, -0.15) is 11.8 Å². The molecule has 28 heavy (non-hydrogen) atoms. The van der Waals surface area contributed by atoms with Gasteiger partial charge in [-0.1, -0.05) is 52.3 Å². The van der Waals surface area contributed by atoms with Crippen LogP contribution in [0.15, 0.2) is 63.9 Å². The number of nitrogens with zero attached hydrogens (tertiary/aromatic N) is 2. The Morgan fingerprint density at radius 3 is 2.50 bits per heavy atom. The lowest BCUT2D eigenvalue weighted by molar-refractivity contribution is -0.115. The van der Waals surface area contributed by atoms with Crippen molar-refractivity contribution in [2.24, 2.45) is 7.05 Å². The van der Waals surface area contributed by atoms with Crippen LogP contribution in [0.2, 0.25) is 0 Å². The first kappa shape index (κ1) is 20.5. The molecule has 0 spiro atoms. The third-order valence-corrected chi connectivity index (χ3v) is 6.29. The standard InChI is InChI=1S/C21H22BrN3O2S/c1-15-20(21(27)25(24(15)2)17-9-4-3-5-10-17)23-19(26)12-13-28-14-16-8-6-7-11-18(16)22/h3-11H,12-14H2,1-2H3,(H,23,26). The van der Waals surface area contributed by atoms with Crippen molar-refractivity contribution >= 4 is 39.3 Å². The number of hydrogen-bond acceptors (Lipinski definition) is 3. The minimum Gasteiger partial charge on any atom is -0.320 e. The fraction of sp³-hybridized carbons (Fsp3) is 0.238. The van der Waals surface area contributed by atoms with E-state index in [2.05, 4.69) is 27.3 Å². The van der Waals surface area contributed by atoms with Gasteiger partial charge in [-0.05, 0) is 30.7 Å². The molecule has 0 bridgehead atoms. The first-order valence-electron chi connectivity index (χ1n) is 8.94. The number of benzene rings is 2. The maximum Gasteiger partial charge on any atom is 0.295 e. The van der Waals surface area contributed by atoms with E-state index in [-0.39, 0.29) is 11.5 Å². The van der Waals surface area contributed by atoms with Gasteiger partial charge in [0.1, 0.15) is 5.69 Å². The molecule has 0 atom stereocenters. The molecule has 0 saturated heterocycles. The highest BCUT2D eigenvalue weighted by atomic mass is 79.9. The Morgan fingerprint density at radius 1 is 1.11 bits per heavy atom. The number of para-hydroxylation sites is 1. The third-order valence-electron chi connectivity index (χ3n) is 4.51. The summed E-state index contributed by atoms with van der Waals surface area (Å²) in [5.41, 5.74) is 2.82. The van der Waals surface area contributed by atoms with Crippen LogP contribution in [0.3, 0.4) is 0 Å². The normalized spacial score (nSPS) is 10.8. The molecule has 0 aliphatic heterocycles. The van der Waals surface area contributed by atoms with Crippen molar-refractivity contribution in [3.63, 3.8) is 0 Å². The number of anilines is 1. The highest BCUT2D eigenvalue weighted by Gasteiger charge is 2.17. The molecule has 3 rings (SSSR count). The van der Waals surface area contributed by atoms with E-state index in [9.17, 15) is 9.59 Å². The number of halogens is 1. The number of aromatic nitrogens is 2. The summed E-state index contributed by atoms with van der Waals surface area (Å²) in [6.45, 7) is 1.83. The number of hydrogen-bond donors (Lipinski definition) is 1. The minimum atomic E-state index is -0.222. The van der Waals surface area contributed by atoms with Crippen LogP contribution in [0.4, 0.5) is 5.69 Å². The molecule has 0 saturated carbocycles. The second-order valence-electron chi connectivity index (χ2n) is 6.38. The maximum absolute atomic E-state index is 12.8. The molecular weight excluding hydrogens is 438 g/mol. The third kappa shape index (κ3) is 4.59. The van der Waals surface area contributed by atoms with Crippen LogP contribution in [0.5, 0.6) is 0 Å². The van der Waals surface area contributed by atoms with E-state index in [1.54, 1.807) is 21.1 Å². The molecule has 7 heteroatoms. The maximum atomic E-state index is 12.8. The SMILES string of the molecule is Cc1c(NC(=O)CCSCc2ccccc2Br)c(=O)n(-c2ccccc2)n1C. The zero-order valence-electron chi connectivity index (χ0n) is 15.8. The van der Waals surface area contributed by atoms with Gasteiger partial charge >= 0.3 is 0 Å².